The highest BCUT2D eigenvalue weighted by atomic mass is 16.4. The van der Waals surface area contributed by atoms with Gasteiger partial charge >= 0.3 is 5.97 Å². The van der Waals surface area contributed by atoms with E-state index in [1.54, 1.807) is 0 Å². The highest BCUT2D eigenvalue weighted by molar-refractivity contribution is 5.67. The van der Waals surface area contributed by atoms with Crippen LogP contribution in [0.4, 0.5) is 0 Å². The van der Waals surface area contributed by atoms with E-state index >= 15 is 0 Å². The molecule has 0 bridgehead atoms. The third kappa shape index (κ3) is 3.93. The highest BCUT2D eigenvalue weighted by Gasteiger charge is 2.06. The number of allylic oxidation sites excluding steroid dienone is 2. The zero-order chi connectivity index (χ0) is 12.0. The van der Waals surface area contributed by atoms with Crippen LogP contribution in [-0.2, 0) is 4.79 Å². The van der Waals surface area contributed by atoms with E-state index in [-0.39, 0.29) is 6.42 Å². The number of hydrogen-bond acceptors (Lipinski definition) is 1. The van der Waals surface area contributed by atoms with Gasteiger partial charge < -0.3 is 10.1 Å². The van der Waals surface area contributed by atoms with E-state index < -0.39 is 5.97 Å². The van der Waals surface area contributed by atoms with Crippen molar-refractivity contribution in [1.29, 1.82) is 0 Å². The van der Waals surface area contributed by atoms with Gasteiger partial charge in [0.2, 0.25) is 0 Å². The molecule has 2 N–H and O–H groups in total. The number of H-pyrrole nitrogens is 1. The van der Waals surface area contributed by atoms with Gasteiger partial charge in [0.05, 0.1) is 0 Å². The molecular formula is C13H19NO2. The van der Waals surface area contributed by atoms with Crippen LogP contribution in [0.25, 0.3) is 5.57 Å². The number of hydrogen-bond donors (Lipinski definition) is 2. The van der Waals surface area contributed by atoms with Crippen molar-refractivity contribution in [2.75, 3.05) is 0 Å². The Labute approximate surface area is 96.2 Å². The van der Waals surface area contributed by atoms with Crippen LogP contribution in [0.2, 0.25) is 0 Å². The summed E-state index contributed by atoms with van der Waals surface area (Å²) < 4.78 is 0. The molecule has 0 atom stereocenters. The Morgan fingerprint density at radius 2 is 2.31 bits per heavy atom. The molecule has 1 aromatic rings. The van der Waals surface area contributed by atoms with Gasteiger partial charge in [-0.15, -0.1) is 0 Å². The summed E-state index contributed by atoms with van der Waals surface area (Å²) in [5.41, 5.74) is 2.48. The zero-order valence-corrected chi connectivity index (χ0v) is 9.86. The van der Waals surface area contributed by atoms with Crippen molar-refractivity contribution in [2.45, 2.75) is 33.1 Å². The van der Waals surface area contributed by atoms with Crippen LogP contribution in [0, 0.1) is 5.92 Å². The molecule has 0 fully saturated rings. The first-order valence-corrected chi connectivity index (χ1v) is 5.66. The van der Waals surface area contributed by atoms with Gasteiger partial charge in [-0.1, -0.05) is 19.9 Å². The van der Waals surface area contributed by atoms with E-state index in [4.69, 9.17) is 5.11 Å². The van der Waals surface area contributed by atoms with Gasteiger partial charge in [-0.3, -0.25) is 4.79 Å². The minimum atomic E-state index is -0.721. The van der Waals surface area contributed by atoms with E-state index in [1.807, 2.05) is 18.5 Å². The van der Waals surface area contributed by atoms with Crippen LogP contribution in [0.15, 0.2) is 24.5 Å². The second kappa shape index (κ2) is 6.16. The van der Waals surface area contributed by atoms with Crippen LogP contribution in [0.5, 0.6) is 0 Å². The van der Waals surface area contributed by atoms with Crippen molar-refractivity contribution in [1.82, 2.24) is 4.98 Å². The number of aromatic amines is 1. The first kappa shape index (κ1) is 12.6. The maximum Gasteiger partial charge on any atom is 0.303 e. The summed E-state index contributed by atoms with van der Waals surface area (Å²) in [5.74, 6) is -0.262. The van der Waals surface area contributed by atoms with Crippen LogP contribution in [0.3, 0.4) is 0 Å². The van der Waals surface area contributed by atoms with E-state index in [0.29, 0.717) is 12.3 Å². The fraction of sp³-hybridized carbons (Fsp3) is 0.462. The number of carboxylic acid groups (broad SMARTS) is 1. The van der Waals surface area contributed by atoms with Gasteiger partial charge in [-0.05, 0) is 36.0 Å². The molecule has 0 aliphatic heterocycles. The van der Waals surface area contributed by atoms with Gasteiger partial charge in [-0.25, -0.2) is 0 Å². The Bertz CT molecular complexity index is 350. The van der Waals surface area contributed by atoms with Crippen molar-refractivity contribution < 1.29 is 9.90 Å². The number of nitrogens with one attached hydrogen (secondary N) is 1. The smallest absolute Gasteiger partial charge is 0.303 e. The molecule has 0 saturated heterocycles. The third-order valence-electron chi connectivity index (χ3n) is 2.51. The predicted molar refractivity (Wildman–Crippen MR) is 65.1 cm³/mol. The number of rotatable bonds is 6. The van der Waals surface area contributed by atoms with Crippen LogP contribution in [0.1, 0.15) is 38.7 Å². The Kier molecular flexibility index (Phi) is 4.83. The highest BCUT2D eigenvalue weighted by Crippen LogP contribution is 2.23. The largest absolute Gasteiger partial charge is 0.481 e. The minimum Gasteiger partial charge on any atom is -0.481 e. The molecule has 0 amide bonds. The van der Waals surface area contributed by atoms with Gasteiger partial charge in [0, 0.05) is 18.8 Å². The fourth-order valence-electron chi connectivity index (χ4n) is 1.70. The lowest BCUT2D eigenvalue weighted by Crippen LogP contribution is -1.95. The molecule has 0 unspecified atom stereocenters. The molecule has 0 spiro atoms. The monoisotopic (exact) mass is 221 g/mol. The normalized spacial score (nSPS) is 12.1. The van der Waals surface area contributed by atoms with Crippen molar-refractivity contribution in [2.24, 2.45) is 5.92 Å². The molecule has 3 nitrogen and oxygen atoms in total. The Balaban J connectivity index is 2.57. The summed E-state index contributed by atoms with van der Waals surface area (Å²) in [6.45, 7) is 4.30. The van der Waals surface area contributed by atoms with Gasteiger partial charge in [0.15, 0.2) is 0 Å². The van der Waals surface area contributed by atoms with Crippen molar-refractivity contribution in [3.05, 3.63) is 30.1 Å². The molecule has 88 valence electrons. The van der Waals surface area contributed by atoms with Gasteiger partial charge in [-0.2, -0.15) is 0 Å². The van der Waals surface area contributed by atoms with E-state index in [2.05, 4.69) is 24.9 Å². The van der Waals surface area contributed by atoms with Gasteiger partial charge in [0.1, 0.15) is 0 Å². The average Bonchev–Trinajstić information content (AvgIpc) is 2.69. The second-order valence-electron chi connectivity index (χ2n) is 4.20. The molecule has 0 aliphatic rings. The number of unbranched alkanes of at least 4 members (excludes halogenated alkanes) is 1. The molecule has 1 heterocycles. The summed E-state index contributed by atoms with van der Waals surface area (Å²) >= 11 is 0. The summed E-state index contributed by atoms with van der Waals surface area (Å²) in [4.78, 5) is 13.4. The summed E-state index contributed by atoms with van der Waals surface area (Å²) in [7, 11) is 0. The SMILES string of the molecule is CC(C)/C(=C\CCCC(=O)O)c1cc[nH]c1. The lowest BCUT2D eigenvalue weighted by atomic mass is 9.96. The van der Waals surface area contributed by atoms with Gasteiger partial charge in [0.25, 0.3) is 0 Å². The predicted octanol–water partition coefficient (Wildman–Crippen LogP) is 3.31. The molecule has 3 heteroatoms. The van der Waals surface area contributed by atoms with Crippen LogP contribution >= 0.6 is 0 Å². The quantitative estimate of drug-likeness (QED) is 0.724. The molecule has 0 saturated carbocycles. The Morgan fingerprint density at radius 3 is 2.81 bits per heavy atom. The van der Waals surface area contributed by atoms with Crippen molar-refractivity contribution >= 4 is 11.5 Å². The lowest BCUT2D eigenvalue weighted by molar-refractivity contribution is -0.137. The van der Waals surface area contributed by atoms with E-state index in [9.17, 15) is 4.79 Å². The summed E-state index contributed by atoms with van der Waals surface area (Å²) in [5, 5.41) is 8.55. The second-order valence-corrected chi connectivity index (χ2v) is 4.20. The lowest BCUT2D eigenvalue weighted by Gasteiger charge is -2.09. The van der Waals surface area contributed by atoms with Crippen LogP contribution in [-0.4, -0.2) is 16.1 Å². The first-order chi connectivity index (χ1) is 7.61. The molecule has 1 aromatic heterocycles. The fourth-order valence-corrected chi connectivity index (χ4v) is 1.70. The Hall–Kier alpha value is -1.51. The first-order valence-electron chi connectivity index (χ1n) is 5.66. The maximum absolute atomic E-state index is 10.4. The van der Waals surface area contributed by atoms with E-state index in [0.717, 1.165) is 6.42 Å². The van der Waals surface area contributed by atoms with Crippen molar-refractivity contribution in [3.63, 3.8) is 0 Å². The van der Waals surface area contributed by atoms with E-state index in [1.165, 1.54) is 11.1 Å². The molecule has 16 heavy (non-hydrogen) atoms. The zero-order valence-electron chi connectivity index (χ0n) is 9.86. The summed E-state index contributed by atoms with van der Waals surface area (Å²) in [6.07, 6.45) is 7.80. The topological polar surface area (TPSA) is 53.1 Å². The number of aliphatic carboxylic acids is 1. The molecular weight excluding hydrogens is 202 g/mol. The Morgan fingerprint density at radius 1 is 1.56 bits per heavy atom. The maximum atomic E-state index is 10.4. The van der Waals surface area contributed by atoms with Crippen LogP contribution < -0.4 is 0 Å². The molecule has 0 aromatic carbocycles. The molecule has 0 radical (unpaired) electrons. The number of aromatic nitrogens is 1. The molecule has 0 aliphatic carbocycles. The number of carbonyl (C=O) groups is 1. The number of carboxylic acids is 1. The minimum absolute atomic E-state index is 0.245. The van der Waals surface area contributed by atoms with Crippen molar-refractivity contribution in [3.8, 4) is 0 Å². The summed E-state index contributed by atoms with van der Waals surface area (Å²) in [6, 6.07) is 2.04. The average molecular weight is 221 g/mol. The standard InChI is InChI=1S/C13H19NO2/c1-10(2)12(11-7-8-14-9-11)5-3-4-6-13(15)16/h5,7-10,14H,3-4,6H2,1-2H3,(H,15,16)/b12-5+. The third-order valence-corrected chi connectivity index (χ3v) is 2.51. The molecule has 1 rings (SSSR count).